The molecule has 6 heteroatoms. The second-order valence-corrected chi connectivity index (χ2v) is 6.43. The summed E-state index contributed by atoms with van der Waals surface area (Å²) in [7, 11) is 1.34. The van der Waals surface area contributed by atoms with E-state index in [0.717, 1.165) is 5.56 Å². The largest absolute Gasteiger partial charge is 0.465 e. The average molecular weight is 399 g/mol. The Morgan fingerprint density at radius 1 is 0.867 bits per heavy atom. The van der Waals surface area contributed by atoms with Gasteiger partial charge in [0.2, 0.25) is 6.79 Å². The first-order valence-electron chi connectivity index (χ1n) is 9.14. The molecule has 0 atom stereocenters. The van der Waals surface area contributed by atoms with Crippen LogP contribution in [0.2, 0.25) is 0 Å². The van der Waals surface area contributed by atoms with Gasteiger partial charge in [0.25, 0.3) is 5.91 Å². The average Bonchev–Trinajstić information content (AvgIpc) is 3.25. The summed E-state index contributed by atoms with van der Waals surface area (Å²) in [6.07, 6.45) is 0. The predicted molar refractivity (Wildman–Crippen MR) is 111 cm³/mol. The molecular weight excluding hydrogens is 382 g/mol. The number of carbonyl (C=O) groups is 2. The van der Waals surface area contributed by atoms with Crippen molar-refractivity contribution in [1.82, 2.24) is 0 Å². The Kier molecular flexibility index (Phi) is 5.35. The molecule has 0 radical (unpaired) electrons. The van der Waals surface area contributed by atoms with Gasteiger partial charge < -0.3 is 19.5 Å². The van der Waals surface area contributed by atoms with Crippen molar-refractivity contribution in [3.8, 4) is 23.3 Å². The first-order chi connectivity index (χ1) is 14.6. The zero-order valence-corrected chi connectivity index (χ0v) is 16.1. The van der Waals surface area contributed by atoms with Gasteiger partial charge in [-0.3, -0.25) is 4.79 Å². The fraction of sp³-hybridized carbons (Fsp3) is 0.0833. The molecule has 1 aliphatic rings. The van der Waals surface area contributed by atoms with Gasteiger partial charge in [-0.15, -0.1) is 0 Å². The van der Waals surface area contributed by atoms with E-state index in [1.165, 1.54) is 7.11 Å². The van der Waals surface area contributed by atoms with Gasteiger partial charge in [0, 0.05) is 22.4 Å². The van der Waals surface area contributed by atoms with Crippen molar-refractivity contribution in [2.45, 2.75) is 0 Å². The number of nitrogens with one attached hydrogen (secondary N) is 1. The lowest BCUT2D eigenvalue weighted by atomic mass is 10.1. The molecule has 0 spiro atoms. The fourth-order valence-corrected chi connectivity index (χ4v) is 2.90. The number of methoxy groups -OCH3 is 1. The topological polar surface area (TPSA) is 73.9 Å². The number of esters is 1. The third-order valence-electron chi connectivity index (χ3n) is 4.39. The molecule has 1 amide bonds. The molecule has 0 aliphatic carbocycles. The summed E-state index contributed by atoms with van der Waals surface area (Å²) < 4.78 is 15.3. The molecule has 0 aromatic heterocycles. The Bertz CT molecular complexity index is 1190. The van der Waals surface area contributed by atoms with Gasteiger partial charge >= 0.3 is 5.97 Å². The molecule has 0 fully saturated rings. The maximum atomic E-state index is 12.5. The van der Waals surface area contributed by atoms with Crippen LogP contribution in [0.15, 0.2) is 66.7 Å². The second-order valence-electron chi connectivity index (χ2n) is 6.43. The zero-order chi connectivity index (χ0) is 20.9. The van der Waals surface area contributed by atoms with Gasteiger partial charge in [0.1, 0.15) is 0 Å². The number of rotatable bonds is 3. The first-order valence-corrected chi connectivity index (χ1v) is 9.14. The van der Waals surface area contributed by atoms with Gasteiger partial charge in [0.15, 0.2) is 11.5 Å². The van der Waals surface area contributed by atoms with E-state index in [9.17, 15) is 9.59 Å². The lowest BCUT2D eigenvalue weighted by Crippen LogP contribution is -2.11. The molecule has 3 aromatic carbocycles. The van der Waals surface area contributed by atoms with Crippen molar-refractivity contribution in [2.75, 3.05) is 19.2 Å². The molecule has 3 aromatic rings. The van der Waals surface area contributed by atoms with Crippen LogP contribution < -0.4 is 14.8 Å². The standard InChI is InChI=1S/C24H17NO5/c1-28-24(27)19-6-2-4-16(12-19)8-9-17-5-3-7-20(13-17)25-23(26)18-10-11-21-22(14-18)30-15-29-21/h2-7,10-14H,15H2,1H3,(H,25,26). The summed E-state index contributed by atoms with van der Waals surface area (Å²) in [5, 5.41) is 2.86. The van der Waals surface area contributed by atoms with Crippen LogP contribution >= 0.6 is 0 Å². The molecular formula is C24H17NO5. The van der Waals surface area contributed by atoms with Crippen molar-refractivity contribution >= 4 is 17.6 Å². The predicted octanol–water partition coefficient (Wildman–Crippen LogP) is 3.85. The Hall–Kier alpha value is -4.24. The quantitative estimate of drug-likeness (QED) is 0.535. The van der Waals surface area contributed by atoms with E-state index in [2.05, 4.69) is 17.2 Å². The van der Waals surface area contributed by atoms with Crippen molar-refractivity contribution in [2.24, 2.45) is 0 Å². The summed E-state index contributed by atoms with van der Waals surface area (Å²) in [4.78, 5) is 24.2. The third kappa shape index (κ3) is 4.26. The molecule has 0 unspecified atom stereocenters. The molecule has 148 valence electrons. The molecule has 0 saturated carbocycles. The van der Waals surface area contributed by atoms with Crippen LogP contribution in [0.5, 0.6) is 11.5 Å². The zero-order valence-electron chi connectivity index (χ0n) is 16.1. The van der Waals surface area contributed by atoms with Gasteiger partial charge in [0.05, 0.1) is 12.7 Å². The van der Waals surface area contributed by atoms with Crippen molar-refractivity contribution in [3.63, 3.8) is 0 Å². The van der Waals surface area contributed by atoms with E-state index in [1.807, 2.05) is 18.2 Å². The van der Waals surface area contributed by atoms with Crippen LogP contribution in [-0.2, 0) is 4.74 Å². The van der Waals surface area contributed by atoms with Crippen LogP contribution in [0.3, 0.4) is 0 Å². The lowest BCUT2D eigenvalue weighted by molar-refractivity contribution is 0.0600. The Balaban J connectivity index is 1.49. The Morgan fingerprint density at radius 3 is 2.40 bits per heavy atom. The molecule has 1 N–H and O–H groups in total. The molecule has 1 aliphatic heterocycles. The van der Waals surface area contributed by atoms with E-state index >= 15 is 0 Å². The number of ether oxygens (including phenoxy) is 3. The number of carbonyl (C=O) groups excluding carboxylic acids is 2. The third-order valence-corrected chi connectivity index (χ3v) is 4.39. The van der Waals surface area contributed by atoms with E-state index in [1.54, 1.807) is 48.5 Å². The Morgan fingerprint density at radius 2 is 1.60 bits per heavy atom. The van der Waals surface area contributed by atoms with Gasteiger partial charge in [-0.25, -0.2) is 4.79 Å². The van der Waals surface area contributed by atoms with E-state index in [-0.39, 0.29) is 12.7 Å². The first kappa shape index (κ1) is 19.1. The monoisotopic (exact) mass is 399 g/mol. The second kappa shape index (κ2) is 8.41. The van der Waals surface area contributed by atoms with Crippen LogP contribution in [0.1, 0.15) is 31.8 Å². The number of hydrogen-bond acceptors (Lipinski definition) is 5. The highest BCUT2D eigenvalue weighted by Crippen LogP contribution is 2.32. The van der Waals surface area contributed by atoms with Gasteiger partial charge in [-0.1, -0.05) is 24.0 Å². The lowest BCUT2D eigenvalue weighted by Gasteiger charge is -2.06. The number of benzene rings is 3. The minimum Gasteiger partial charge on any atom is -0.465 e. The van der Waals surface area contributed by atoms with Crippen LogP contribution in [0.25, 0.3) is 0 Å². The summed E-state index contributed by atoms with van der Waals surface area (Å²) in [6.45, 7) is 0.156. The molecule has 30 heavy (non-hydrogen) atoms. The highest BCUT2D eigenvalue weighted by atomic mass is 16.7. The normalized spacial score (nSPS) is 11.2. The van der Waals surface area contributed by atoms with Crippen molar-refractivity contribution in [3.05, 3.63) is 89.0 Å². The van der Waals surface area contributed by atoms with Crippen LogP contribution in [0, 0.1) is 11.8 Å². The van der Waals surface area contributed by atoms with Crippen molar-refractivity contribution < 1.29 is 23.8 Å². The number of hydrogen-bond donors (Lipinski definition) is 1. The minimum atomic E-state index is -0.410. The number of fused-ring (bicyclic) bond motifs is 1. The van der Waals surface area contributed by atoms with Gasteiger partial charge in [-0.2, -0.15) is 0 Å². The van der Waals surface area contributed by atoms with E-state index in [0.29, 0.717) is 33.9 Å². The highest BCUT2D eigenvalue weighted by Gasteiger charge is 2.16. The summed E-state index contributed by atoms with van der Waals surface area (Å²) in [6, 6.07) is 19.2. The van der Waals surface area contributed by atoms with Crippen LogP contribution in [-0.4, -0.2) is 25.8 Å². The molecule has 6 nitrogen and oxygen atoms in total. The minimum absolute atomic E-state index is 0.156. The molecule has 4 rings (SSSR count). The van der Waals surface area contributed by atoms with Crippen molar-refractivity contribution in [1.29, 1.82) is 0 Å². The van der Waals surface area contributed by atoms with E-state index < -0.39 is 5.97 Å². The summed E-state index contributed by atoms with van der Waals surface area (Å²) in [5.41, 5.74) is 2.94. The van der Waals surface area contributed by atoms with Gasteiger partial charge in [-0.05, 0) is 54.6 Å². The fourth-order valence-electron chi connectivity index (χ4n) is 2.90. The highest BCUT2D eigenvalue weighted by molar-refractivity contribution is 6.04. The molecule has 0 saturated heterocycles. The molecule has 0 bridgehead atoms. The van der Waals surface area contributed by atoms with E-state index in [4.69, 9.17) is 14.2 Å². The summed E-state index contributed by atoms with van der Waals surface area (Å²) >= 11 is 0. The van der Waals surface area contributed by atoms with Crippen LogP contribution in [0.4, 0.5) is 5.69 Å². The maximum Gasteiger partial charge on any atom is 0.337 e. The maximum absolute atomic E-state index is 12.5. The Labute approximate surface area is 173 Å². The SMILES string of the molecule is COC(=O)c1cccc(C#Cc2cccc(NC(=O)c3ccc4c(c3)OCO4)c2)c1. The molecule has 1 heterocycles. The summed E-state index contributed by atoms with van der Waals surface area (Å²) in [5.74, 6) is 6.57. The number of amides is 1. The smallest absolute Gasteiger partial charge is 0.337 e. The number of anilines is 1.